The molecule has 3 heterocycles. The molecular weight excluding hydrogens is 404 g/mol. The highest BCUT2D eigenvalue weighted by Crippen LogP contribution is 2.23. The molecule has 0 aliphatic heterocycles. The summed E-state index contributed by atoms with van der Waals surface area (Å²) in [5, 5.41) is 6.41. The normalized spacial score (nSPS) is 10.9. The fourth-order valence-corrected chi connectivity index (χ4v) is 3.87. The Bertz CT molecular complexity index is 1210. The van der Waals surface area contributed by atoms with Crippen molar-refractivity contribution in [1.82, 2.24) is 19.7 Å². The van der Waals surface area contributed by atoms with E-state index in [9.17, 15) is 9.59 Å². The Balaban J connectivity index is 1.43. The molecule has 0 fully saturated rings. The van der Waals surface area contributed by atoms with Crippen LogP contribution in [-0.2, 0) is 4.74 Å². The van der Waals surface area contributed by atoms with Crippen LogP contribution in [0.1, 0.15) is 37.9 Å². The van der Waals surface area contributed by atoms with Gasteiger partial charge in [-0.3, -0.25) is 9.36 Å². The molecule has 0 saturated carbocycles. The second-order valence-electron chi connectivity index (χ2n) is 6.66. The summed E-state index contributed by atoms with van der Waals surface area (Å²) in [7, 11) is 0. The number of carbonyl (C=O) groups excluding carboxylic acids is 2. The average Bonchev–Trinajstić information content (AvgIpc) is 3.47. The lowest BCUT2D eigenvalue weighted by molar-refractivity contribution is 0.0474. The van der Waals surface area contributed by atoms with Crippen molar-refractivity contribution >= 4 is 23.1 Å². The van der Waals surface area contributed by atoms with Crippen molar-refractivity contribution in [3.63, 3.8) is 0 Å². The third-order valence-electron chi connectivity index (χ3n) is 4.57. The molecule has 3 aromatic heterocycles. The van der Waals surface area contributed by atoms with E-state index in [4.69, 9.17) is 9.26 Å². The number of ketones is 1. The first-order valence-electron chi connectivity index (χ1n) is 9.14. The number of aryl methyl sites for hydroxylation is 2. The molecule has 0 saturated heterocycles. The molecule has 0 radical (unpaired) electrons. The molecule has 8 nitrogen and oxygen atoms in total. The van der Waals surface area contributed by atoms with Gasteiger partial charge in [0.25, 0.3) is 5.89 Å². The maximum atomic E-state index is 12.6. The van der Waals surface area contributed by atoms with Gasteiger partial charge in [-0.05, 0) is 51.1 Å². The summed E-state index contributed by atoms with van der Waals surface area (Å²) in [5.41, 5.74) is 3.19. The highest BCUT2D eigenvalue weighted by Gasteiger charge is 2.19. The van der Waals surface area contributed by atoms with Gasteiger partial charge in [-0.25, -0.2) is 9.78 Å². The quantitative estimate of drug-likeness (QED) is 0.343. The van der Waals surface area contributed by atoms with E-state index in [0.29, 0.717) is 28.4 Å². The molecule has 0 aliphatic rings. The first kappa shape index (κ1) is 19.7. The van der Waals surface area contributed by atoms with Crippen molar-refractivity contribution in [2.45, 2.75) is 20.8 Å². The maximum absolute atomic E-state index is 12.6. The standard InChI is InChI=1S/C21H18N4O4S/c1-12-10-17(13(2)25(12)21-22-8-9-30-21)18(26)11-28-20(27)16-6-4-15(5-7-16)19-23-14(3)24-29-19/h4-10H,11H2,1-3H3. The Hall–Kier alpha value is -3.59. The van der Waals surface area contributed by atoms with E-state index in [-0.39, 0.29) is 12.4 Å². The second-order valence-corrected chi connectivity index (χ2v) is 7.53. The number of carbonyl (C=O) groups is 2. The molecule has 0 amide bonds. The van der Waals surface area contributed by atoms with E-state index < -0.39 is 5.97 Å². The van der Waals surface area contributed by atoms with Crippen LogP contribution in [0.4, 0.5) is 0 Å². The summed E-state index contributed by atoms with van der Waals surface area (Å²) in [6.07, 6.45) is 1.72. The molecule has 0 unspecified atom stereocenters. The van der Waals surface area contributed by atoms with Gasteiger partial charge < -0.3 is 9.26 Å². The minimum atomic E-state index is -0.578. The largest absolute Gasteiger partial charge is 0.454 e. The number of hydrogen-bond donors (Lipinski definition) is 0. The number of Topliss-reactive ketones (excluding diaryl/α,β-unsaturated/α-hetero) is 1. The summed E-state index contributed by atoms with van der Waals surface area (Å²) in [6, 6.07) is 8.35. The van der Waals surface area contributed by atoms with Crippen LogP contribution in [0, 0.1) is 20.8 Å². The Morgan fingerprint density at radius 1 is 1.17 bits per heavy atom. The molecule has 4 aromatic rings. The lowest BCUT2D eigenvalue weighted by Gasteiger charge is -2.06. The lowest BCUT2D eigenvalue weighted by Crippen LogP contribution is -2.15. The summed E-state index contributed by atoms with van der Waals surface area (Å²) < 4.78 is 12.2. The van der Waals surface area contributed by atoms with Crippen LogP contribution in [0.15, 0.2) is 46.4 Å². The molecule has 9 heteroatoms. The van der Waals surface area contributed by atoms with Crippen molar-refractivity contribution < 1.29 is 18.8 Å². The van der Waals surface area contributed by atoms with Gasteiger partial charge in [-0.15, -0.1) is 11.3 Å². The summed E-state index contributed by atoms with van der Waals surface area (Å²) >= 11 is 1.49. The van der Waals surface area contributed by atoms with Gasteiger partial charge in [-0.2, -0.15) is 4.98 Å². The minimum Gasteiger partial charge on any atom is -0.454 e. The number of aromatic nitrogens is 4. The number of rotatable bonds is 6. The van der Waals surface area contributed by atoms with Gasteiger partial charge in [0, 0.05) is 34.1 Å². The Morgan fingerprint density at radius 3 is 2.57 bits per heavy atom. The molecule has 0 atom stereocenters. The van der Waals surface area contributed by atoms with E-state index in [0.717, 1.165) is 16.5 Å². The maximum Gasteiger partial charge on any atom is 0.338 e. The Labute approximate surface area is 176 Å². The van der Waals surface area contributed by atoms with Crippen LogP contribution in [0.5, 0.6) is 0 Å². The van der Waals surface area contributed by atoms with Gasteiger partial charge in [-0.1, -0.05) is 5.16 Å². The van der Waals surface area contributed by atoms with Crippen LogP contribution in [0.25, 0.3) is 16.6 Å². The van der Waals surface area contributed by atoms with Crippen LogP contribution >= 0.6 is 11.3 Å². The third kappa shape index (κ3) is 3.79. The van der Waals surface area contributed by atoms with Crippen molar-refractivity contribution in [2.24, 2.45) is 0 Å². The number of ether oxygens (including phenoxy) is 1. The Kier molecular flexibility index (Phi) is 5.28. The van der Waals surface area contributed by atoms with Gasteiger partial charge >= 0.3 is 5.97 Å². The number of hydrogen-bond acceptors (Lipinski definition) is 8. The molecule has 152 valence electrons. The van der Waals surface area contributed by atoms with Gasteiger partial charge in [0.1, 0.15) is 0 Å². The topological polar surface area (TPSA) is 100 Å². The predicted octanol–water partition coefficient (Wildman–Crippen LogP) is 3.95. The van der Waals surface area contributed by atoms with Crippen LogP contribution in [0.3, 0.4) is 0 Å². The fraction of sp³-hybridized carbons (Fsp3) is 0.190. The monoisotopic (exact) mass is 422 g/mol. The number of benzene rings is 1. The van der Waals surface area contributed by atoms with E-state index in [1.807, 2.05) is 23.8 Å². The highest BCUT2D eigenvalue weighted by atomic mass is 32.1. The minimum absolute atomic E-state index is 0.266. The number of thiazole rings is 1. The van der Waals surface area contributed by atoms with E-state index in [1.54, 1.807) is 43.5 Å². The molecule has 1 aromatic carbocycles. The van der Waals surface area contributed by atoms with Crippen molar-refractivity contribution in [3.05, 3.63) is 70.2 Å². The zero-order valence-corrected chi connectivity index (χ0v) is 17.4. The fourth-order valence-electron chi connectivity index (χ4n) is 3.12. The van der Waals surface area contributed by atoms with Gasteiger partial charge in [0.15, 0.2) is 17.6 Å². The van der Waals surface area contributed by atoms with Gasteiger partial charge in [0.05, 0.1) is 5.56 Å². The molecule has 4 rings (SSSR count). The summed E-state index contributed by atoms with van der Waals surface area (Å²) in [5.74, 6) is 0.0574. The molecule has 0 N–H and O–H groups in total. The molecule has 30 heavy (non-hydrogen) atoms. The van der Waals surface area contributed by atoms with Crippen LogP contribution in [0.2, 0.25) is 0 Å². The summed E-state index contributed by atoms with van der Waals surface area (Å²) in [4.78, 5) is 33.4. The van der Waals surface area contributed by atoms with Crippen LogP contribution < -0.4 is 0 Å². The number of esters is 1. The zero-order valence-electron chi connectivity index (χ0n) is 16.6. The molecule has 0 spiro atoms. The zero-order chi connectivity index (χ0) is 21.3. The number of nitrogens with zero attached hydrogens (tertiary/aromatic N) is 4. The summed E-state index contributed by atoms with van der Waals surface area (Å²) in [6.45, 7) is 5.14. The third-order valence-corrected chi connectivity index (χ3v) is 5.33. The van der Waals surface area contributed by atoms with Gasteiger partial charge in [0.2, 0.25) is 5.78 Å². The molecular formula is C21H18N4O4S. The van der Waals surface area contributed by atoms with E-state index in [1.165, 1.54) is 11.3 Å². The van der Waals surface area contributed by atoms with E-state index in [2.05, 4.69) is 15.1 Å². The molecule has 0 bridgehead atoms. The molecule has 0 aliphatic carbocycles. The highest BCUT2D eigenvalue weighted by molar-refractivity contribution is 7.12. The van der Waals surface area contributed by atoms with Crippen LogP contribution in [-0.4, -0.2) is 38.1 Å². The Morgan fingerprint density at radius 2 is 1.93 bits per heavy atom. The van der Waals surface area contributed by atoms with Crippen molar-refractivity contribution in [3.8, 4) is 16.6 Å². The lowest BCUT2D eigenvalue weighted by atomic mass is 10.1. The van der Waals surface area contributed by atoms with Crippen molar-refractivity contribution in [2.75, 3.05) is 6.61 Å². The van der Waals surface area contributed by atoms with Crippen molar-refractivity contribution in [1.29, 1.82) is 0 Å². The first-order valence-corrected chi connectivity index (χ1v) is 10.0. The SMILES string of the molecule is Cc1noc(-c2ccc(C(=O)OCC(=O)c3cc(C)n(-c4nccs4)c3C)cc2)n1. The van der Waals surface area contributed by atoms with E-state index >= 15 is 0 Å². The second kappa shape index (κ2) is 8.03. The smallest absolute Gasteiger partial charge is 0.338 e. The average molecular weight is 422 g/mol. The first-order chi connectivity index (χ1) is 14.4. The predicted molar refractivity (Wildman–Crippen MR) is 110 cm³/mol.